The number of rotatable bonds is 3. The van der Waals surface area contributed by atoms with Gasteiger partial charge in [-0.05, 0) is 35.9 Å². The predicted molar refractivity (Wildman–Crippen MR) is 71.1 cm³/mol. The van der Waals surface area contributed by atoms with Gasteiger partial charge in [0.05, 0.1) is 11.1 Å². The zero-order valence-electron chi connectivity index (χ0n) is 9.87. The molecule has 0 radical (unpaired) electrons. The zero-order chi connectivity index (χ0) is 14.0. The van der Waals surface area contributed by atoms with Gasteiger partial charge in [-0.3, -0.25) is 0 Å². The van der Waals surface area contributed by atoms with E-state index in [0.717, 1.165) is 6.26 Å². The Hall–Kier alpha value is -1.86. The van der Waals surface area contributed by atoms with Crippen LogP contribution in [0.1, 0.15) is 0 Å². The van der Waals surface area contributed by atoms with Crippen molar-refractivity contribution in [1.29, 1.82) is 0 Å². The van der Waals surface area contributed by atoms with Crippen molar-refractivity contribution in [2.45, 2.75) is 4.90 Å². The molecule has 0 atom stereocenters. The third kappa shape index (κ3) is 3.33. The normalized spacial score (nSPS) is 11.3. The van der Waals surface area contributed by atoms with Gasteiger partial charge in [0.1, 0.15) is 11.4 Å². The number of aromatic nitrogens is 2. The van der Waals surface area contributed by atoms with Crippen LogP contribution in [-0.2, 0) is 9.84 Å². The van der Waals surface area contributed by atoms with Crippen LogP contribution in [0.25, 0.3) is 0 Å². The number of ether oxygens (including phenoxy) is 1. The average Bonchev–Trinajstić information content (AvgIpc) is 2.33. The van der Waals surface area contributed by atoms with Gasteiger partial charge in [-0.15, -0.1) is 0 Å². The molecule has 0 fully saturated rings. The minimum absolute atomic E-state index is 0.0111. The number of benzene rings is 1. The van der Waals surface area contributed by atoms with Crippen molar-refractivity contribution in [3.63, 3.8) is 0 Å². The lowest BCUT2D eigenvalue weighted by molar-refractivity contribution is 0.464. The van der Waals surface area contributed by atoms with Gasteiger partial charge in [-0.2, -0.15) is 4.98 Å². The van der Waals surface area contributed by atoms with Crippen molar-refractivity contribution in [2.75, 3.05) is 12.0 Å². The first-order valence-corrected chi connectivity index (χ1v) is 7.39. The molecule has 0 bridgehead atoms. The second-order valence-electron chi connectivity index (χ2n) is 3.75. The molecule has 0 aliphatic carbocycles. The van der Waals surface area contributed by atoms with Gasteiger partial charge >= 0.3 is 0 Å². The Labute approximate surface area is 115 Å². The Balaban J connectivity index is 2.27. The van der Waals surface area contributed by atoms with Gasteiger partial charge in [0.2, 0.25) is 11.2 Å². The Kier molecular flexibility index (Phi) is 3.59. The lowest BCUT2D eigenvalue weighted by Crippen LogP contribution is -1.98. The standard InChI is InChI=1S/C11H10ClN3O3S/c1-19(16,17)8-4-2-7(3-5-8)18-10-9(13)6-14-11(12)15-10/h2-6H,13H2,1H3. The van der Waals surface area contributed by atoms with Gasteiger partial charge < -0.3 is 10.5 Å². The number of hydrogen-bond donors (Lipinski definition) is 1. The summed E-state index contributed by atoms with van der Waals surface area (Å²) in [6, 6.07) is 5.88. The molecule has 2 rings (SSSR count). The molecule has 19 heavy (non-hydrogen) atoms. The third-order valence-corrected chi connectivity index (χ3v) is 3.53. The van der Waals surface area contributed by atoms with Gasteiger partial charge in [0.25, 0.3) is 0 Å². The number of nitrogen functional groups attached to an aromatic ring is 1. The lowest BCUT2D eigenvalue weighted by Gasteiger charge is -2.07. The Bertz CT molecular complexity index is 702. The number of hydrogen-bond acceptors (Lipinski definition) is 6. The maximum absolute atomic E-state index is 11.3. The fourth-order valence-electron chi connectivity index (χ4n) is 1.30. The summed E-state index contributed by atoms with van der Waals surface area (Å²) in [7, 11) is -3.23. The summed E-state index contributed by atoms with van der Waals surface area (Å²) in [5, 5.41) is 0.0111. The number of sulfone groups is 1. The highest BCUT2D eigenvalue weighted by Crippen LogP contribution is 2.26. The maximum atomic E-state index is 11.3. The van der Waals surface area contributed by atoms with E-state index in [1.54, 1.807) is 0 Å². The highest BCUT2D eigenvalue weighted by molar-refractivity contribution is 7.90. The molecule has 0 aliphatic rings. The number of anilines is 1. The molecule has 0 saturated heterocycles. The van der Waals surface area contributed by atoms with Crippen molar-refractivity contribution >= 4 is 27.1 Å². The molecule has 2 aromatic rings. The van der Waals surface area contributed by atoms with Gasteiger partial charge in [0, 0.05) is 6.26 Å². The van der Waals surface area contributed by atoms with Gasteiger partial charge in [-0.1, -0.05) is 0 Å². The van der Waals surface area contributed by atoms with E-state index < -0.39 is 9.84 Å². The molecule has 0 unspecified atom stereocenters. The second kappa shape index (κ2) is 5.02. The molecule has 1 heterocycles. The van der Waals surface area contributed by atoms with Crippen LogP contribution in [0.3, 0.4) is 0 Å². The number of halogens is 1. The zero-order valence-corrected chi connectivity index (χ0v) is 11.4. The molecule has 100 valence electrons. The van der Waals surface area contributed by atoms with E-state index in [4.69, 9.17) is 22.1 Å². The molecule has 1 aromatic carbocycles. The summed E-state index contributed by atoms with van der Waals surface area (Å²) in [5.41, 5.74) is 5.86. The van der Waals surface area contributed by atoms with Gasteiger partial charge in [-0.25, -0.2) is 13.4 Å². The monoisotopic (exact) mass is 299 g/mol. The lowest BCUT2D eigenvalue weighted by atomic mass is 10.3. The summed E-state index contributed by atoms with van der Waals surface area (Å²) >= 11 is 5.63. The predicted octanol–water partition coefficient (Wildman–Crippen LogP) is 1.91. The SMILES string of the molecule is CS(=O)(=O)c1ccc(Oc2nc(Cl)ncc2N)cc1. The van der Waals surface area contributed by atoms with Crippen molar-refractivity contribution in [3.05, 3.63) is 35.7 Å². The van der Waals surface area contributed by atoms with Crippen molar-refractivity contribution in [2.24, 2.45) is 0 Å². The highest BCUT2D eigenvalue weighted by atomic mass is 35.5. The summed E-state index contributed by atoms with van der Waals surface area (Å²) in [6.45, 7) is 0. The van der Waals surface area contributed by atoms with Crippen LogP contribution >= 0.6 is 11.6 Å². The molecule has 6 nitrogen and oxygen atoms in total. The molecule has 0 amide bonds. The van der Waals surface area contributed by atoms with Crippen LogP contribution in [0.2, 0.25) is 5.28 Å². The van der Waals surface area contributed by atoms with E-state index >= 15 is 0 Å². The average molecular weight is 300 g/mol. The smallest absolute Gasteiger partial charge is 0.247 e. The van der Waals surface area contributed by atoms with Crippen LogP contribution in [0.15, 0.2) is 35.4 Å². The van der Waals surface area contributed by atoms with E-state index in [2.05, 4.69) is 9.97 Å². The molecular weight excluding hydrogens is 290 g/mol. The maximum Gasteiger partial charge on any atom is 0.247 e. The van der Waals surface area contributed by atoms with Crippen LogP contribution in [0, 0.1) is 0 Å². The molecular formula is C11H10ClN3O3S. The van der Waals surface area contributed by atoms with Crippen molar-refractivity contribution < 1.29 is 13.2 Å². The first kappa shape index (κ1) is 13.6. The molecule has 0 saturated carbocycles. The van der Waals surface area contributed by atoms with Crippen LogP contribution in [-0.4, -0.2) is 24.6 Å². The molecule has 1 aromatic heterocycles. The minimum Gasteiger partial charge on any atom is -0.437 e. The Morgan fingerprint density at radius 1 is 1.26 bits per heavy atom. The minimum atomic E-state index is -3.23. The largest absolute Gasteiger partial charge is 0.437 e. The number of nitrogens with zero attached hydrogens (tertiary/aromatic N) is 2. The quantitative estimate of drug-likeness (QED) is 0.870. The van der Waals surface area contributed by atoms with E-state index in [1.165, 1.54) is 30.5 Å². The Morgan fingerprint density at radius 2 is 1.89 bits per heavy atom. The Morgan fingerprint density at radius 3 is 2.47 bits per heavy atom. The fourth-order valence-corrected chi connectivity index (χ4v) is 2.06. The van der Waals surface area contributed by atoms with Gasteiger partial charge in [0.15, 0.2) is 9.84 Å². The summed E-state index contributed by atoms with van der Waals surface area (Å²) in [6.07, 6.45) is 2.46. The molecule has 0 spiro atoms. The summed E-state index contributed by atoms with van der Waals surface area (Å²) in [5.74, 6) is 0.515. The topological polar surface area (TPSA) is 95.2 Å². The summed E-state index contributed by atoms with van der Waals surface area (Å²) in [4.78, 5) is 7.73. The van der Waals surface area contributed by atoms with E-state index in [0.29, 0.717) is 5.75 Å². The first-order valence-electron chi connectivity index (χ1n) is 5.12. The highest BCUT2D eigenvalue weighted by Gasteiger charge is 2.09. The molecule has 8 heteroatoms. The van der Waals surface area contributed by atoms with E-state index in [1.807, 2.05) is 0 Å². The van der Waals surface area contributed by atoms with Crippen molar-refractivity contribution in [1.82, 2.24) is 9.97 Å². The van der Waals surface area contributed by atoms with E-state index in [9.17, 15) is 8.42 Å². The third-order valence-electron chi connectivity index (χ3n) is 2.22. The van der Waals surface area contributed by atoms with Crippen LogP contribution in [0.5, 0.6) is 11.6 Å². The fraction of sp³-hybridized carbons (Fsp3) is 0.0909. The molecule has 2 N–H and O–H groups in total. The van der Waals surface area contributed by atoms with Crippen LogP contribution < -0.4 is 10.5 Å². The number of nitrogens with two attached hydrogens (primary N) is 1. The first-order chi connectivity index (χ1) is 8.86. The van der Waals surface area contributed by atoms with Crippen LogP contribution in [0.4, 0.5) is 5.69 Å². The summed E-state index contributed by atoms with van der Waals surface area (Å²) < 4.78 is 28.0. The second-order valence-corrected chi connectivity index (χ2v) is 6.10. The molecule has 0 aliphatic heterocycles. The van der Waals surface area contributed by atoms with E-state index in [-0.39, 0.29) is 21.7 Å². The van der Waals surface area contributed by atoms with Crippen molar-refractivity contribution in [3.8, 4) is 11.6 Å².